The van der Waals surface area contributed by atoms with E-state index in [2.05, 4.69) is 0 Å². The van der Waals surface area contributed by atoms with Gasteiger partial charge in [0.05, 0.1) is 10.5 Å². The highest BCUT2D eigenvalue weighted by Gasteiger charge is 2.50. The summed E-state index contributed by atoms with van der Waals surface area (Å²) in [5.74, 6) is -0.0799. The molecule has 2 aromatic rings. The van der Waals surface area contributed by atoms with Gasteiger partial charge in [0.15, 0.2) is 9.84 Å². The summed E-state index contributed by atoms with van der Waals surface area (Å²) in [6, 6.07) is 16.0. The summed E-state index contributed by atoms with van der Waals surface area (Å²) in [5.41, 5.74) is 0.511. The van der Waals surface area contributed by atoms with E-state index < -0.39 is 15.4 Å². The van der Waals surface area contributed by atoms with Crippen LogP contribution in [0.5, 0.6) is 0 Å². The third-order valence-corrected chi connectivity index (χ3v) is 7.67. The standard InChI is InChI=1S/C23H27NO4S/c1-29(27,28)19-13-11-17(12-14-19)22(25)24-16-15-23(26,18-7-3-2-4-8-18)20-9-5-6-10-21(20)24/h2-4,7-8,11-14,20-21,26H,5-6,9-10,15-16H2,1H3/t20-,21?,23+/m0/s1. The minimum atomic E-state index is -3.29. The Kier molecular flexibility index (Phi) is 5.25. The van der Waals surface area contributed by atoms with Crippen LogP contribution in [0.25, 0.3) is 0 Å². The molecular weight excluding hydrogens is 386 g/mol. The van der Waals surface area contributed by atoms with Gasteiger partial charge in [-0.3, -0.25) is 4.79 Å². The lowest BCUT2D eigenvalue weighted by molar-refractivity contribution is -0.110. The molecule has 0 aromatic heterocycles. The van der Waals surface area contributed by atoms with Crippen LogP contribution in [0, 0.1) is 5.92 Å². The smallest absolute Gasteiger partial charge is 0.254 e. The number of amides is 1. The summed E-state index contributed by atoms with van der Waals surface area (Å²) in [4.78, 5) is 15.4. The molecule has 5 nitrogen and oxygen atoms in total. The van der Waals surface area contributed by atoms with Gasteiger partial charge in [-0.15, -0.1) is 0 Å². The molecule has 1 unspecified atom stereocenters. The zero-order valence-corrected chi connectivity index (χ0v) is 17.4. The second-order valence-corrected chi connectivity index (χ2v) is 10.3. The number of piperidine rings is 1. The number of likely N-dealkylation sites (tertiary alicyclic amines) is 1. The van der Waals surface area contributed by atoms with E-state index in [0.29, 0.717) is 18.5 Å². The van der Waals surface area contributed by atoms with Crippen LogP contribution in [-0.4, -0.2) is 43.2 Å². The number of carbonyl (C=O) groups is 1. The molecule has 1 aliphatic carbocycles. The molecule has 1 saturated carbocycles. The number of aliphatic hydroxyl groups is 1. The van der Waals surface area contributed by atoms with Gasteiger partial charge in [-0.25, -0.2) is 8.42 Å². The summed E-state index contributed by atoms with van der Waals surface area (Å²) >= 11 is 0. The van der Waals surface area contributed by atoms with Crippen LogP contribution in [0.1, 0.15) is 48.0 Å². The SMILES string of the molecule is CS(=O)(=O)c1ccc(C(=O)N2CC[C@@](O)(c3ccccc3)[C@H]3CCCCC32)cc1. The molecule has 29 heavy (non-hydrogen) atoms. The van der Waals surface area contributed by atoms with Crippen LogP contribution in [0.3, 0.4) is 0 Å². The normalized spacial score (nSPS) is 27.3. The summed E-state index contributed by atoms with van der Waals surface area (Å²) in [6.45, 7) is 0.485. The molecule has 4 rings (SSSR count). The summed E-state index contributed by atoms with van der Waals surface area (Å²) < 4.78 is 23.4. The number of carbonyl (C=O) groups excluding carboxylic acids is 1. The highest BCUT2D eigenvalue weighted by molar-refractivity contribution is 7.90. The number of nitrogens with zero attached hydrogens (tertiary/aromatic N) is 1. The first-order valence-corrected chi connectivity index (χ1v) is 12.1. The molecule has 0 spiro atoms. The van der Waals surface area contributed by atoms with Gasteiger partial charge in [0, 0.05) is 30.3 Å². The zero-order valence-electron chi connectivity index (χ0n) is 16.6. The fraction of sp³-hybridized carbons (Fsp3) is 0.435. The Bertz CT molecular complexity index is 987. The number of hydrogen-bond acceptors (Lipinski definition) is 4. The molecule has 1 aliphatic heterocycles. The average Bonchev–Trinajstić information content (AvgIpc) is 2.74. The van der Waals surface area contributed by atoms with E-state index in [9.17, 15) is 18.3 Å². The van der Waals surface area contributed by atoms with Crippen molar-refractivity contribution >= 4 is 15.7 Å². The topological polar surface area (TPSA) is 74.7 Å². The highest BCUT2D eigenvalue weighted by Crippen LogP contribution is 2.47. The van der Waals surface area contributed by atoms with Crippen LogP contribution < -0.4 is 0 Å². The van der Waals surface area contributed by atoms with Crippen LogP contribution in [0.4, 0.5) is 0 Å². The molecule has 1 amide bonds. The van der Waals surface area contributed by atoms with Crippen molar-refractivity contribution in [3.05, 3.63) is 65.7 Å². The van der Waals surface area contributed by atoms with Gasteiger partial charge in [-0.1, -0.05) is 43.2 Å². The maximum absolute atomic E-state index is 13.3. The largest absolute Gasteiger partial charge is 0.385 e. The lowest BCUT2D eigenvalue weighted by Crippen LogP contribution is -2.58. The number of rotatable bonds is 3. The van der Waals surface area contributed by atoms with Gasteiger partial charge < -0.3 is 10.0 Å². The Morgan fingerprint density at radius 1 is 1.03 bits per heavy atom. The second kappa shape index (κ2) is 7.58. The molecule has 0 bridgehead atoms. The van der Waals surface area contributed by atoms with E-state index in [1.807, 2.05) is 35.2 Å². The minimum absolute atomic E-state index is 0.00615. The minimum Gasteiger partial charge on any atom is -0.385 e. The first kappa shape index (κ1) is 20.1. The molecule has 0 radical (unpaired) electrons. The molecule has 6 heteroatoms. The van der Waals surface area contributed by atoms with Crippen molar-refractivity contribution in [3.8, 4) is 0 Å². The Morgan fingerprint density at radius 2 is 1.69 bits per heavy atom. The third kappa shape index (κ3) is 3.71. The van der Waals surface area contributed by atoms with Gasteiger partial charge in [-0.2, -0.15) is 0 Å². The molecular formula is C23H27NO4S. The fourth-order valence-electron chi connectivity index (χ4n) is 5.03. The molecule has 3 atom stereocenters. The number of hydrogen-bond donors (Lipinski definition) is 1. The zero-order chi connectivity index (χ0) is 20.6. The van der Waals surface area contributed by atoms with Crippen LogP contribution in [-0.2, 0) is 15.4 Å². The van der Waals surface area contributed by atoms with E-state index in [4.69, 9.17) is 0 Å². The van der Waals surface area contributed by atoms with Crippen LogP contribution in [0.15, 0.2) is 59.5 Å². The van der Waals surface area contributed by atoms with Crippen molar-refractivity contribution in [1.82, 2.24) is 4.90 Å². The summed E-state index contributed by atoms with van der Waals surface area (Å²) in [6.07, 6.45) is 5.54. The number of sulfone groups is 1. The number of fused-ring (bicyclic) bond motifs is 1. The number of benzene rings is 2. The lowest BCUT2D eigenvalue weighted by atomic mass is 9.66. The molecule has 154 valence electrons. The molecule has 2 aliphatic rings. The van der Waals surface area contributed by atoms with Crippen molar-refractivity contribution < 1.29 is 18.3 Å². The maximum Gasteiger partial charge on any atom is 0.254 e. The van der Waals surface area contributed by atoms with E-state index in [1.54, 1.807) is 12.1 Å². The predicted molar refractivity (Wildman–Crippen MR) is 111 cm³/mol. The second-order valence-electron chi connectivity index (χ2n) is 8.29. The van der Waals surface area contributed by atoms with Gasteiger partial charge in [0.2, 0.25) is 0 Å². The quantitative estimate of drug-likeness (QED) is 0.837. The molecule has 2 aromatic carbocycles. The van der Waals surface area contributed by atoms with Crippen molar-refractivity contribution in [2.75, 3.05) is 12.8 Å². The third-order valence-electron chi connectivity index (χ3n) is 6.54. The maximum atomic E-state index is 13.3. The van der Waals surface area contributed by atoms with Crippen molar-refractivity contribution in [2.45, 2.75) is 48.6 Å². The van der Waals surface area contributed by atoms with Crippen molar-refractivity contribution in [2.24, 2.45) is 5.92 Å². The van der Waals surface area contributed by atoms with E-state index in [1.165, 1.54) is 12.1 Å². The molecule has 2 fully saturated rings. The highest BCUT2D eigenvalue weighted by atomic mass is 32.2. The van der Waals surface area contributed by atoms with E-state index in [0.717, 1.165) is 37.5 Å². The van der Waals surface area contributed by atoms with Gasteiger partial charge >= 0.3 is 0 Å². The first-order valence-electron chi connectivity index (χ1n) is 10.2. The summed E-state index contributed by atoms with van der Waals surface area (Å²) in [7, 11) is -3.29. The van der Waals surface area contributed by atoms with Crippen LogP contribution in [0.2, 0.25) is 0 Å². The van der Waals surface area contributed by atoms with Crippen LogP contribution >= 0.6 is 0 Å². The molecule has 1 N–H and O–H groups in total. The predicted octanol–water partition coefficient (Wildman–Crippen LogP) is 3.38. The van der Waals surface area contributed by atoms with E-state index >= 15 is 0 Å². The fourth-order valence-corrected chi connectivity index (χ4v) is 5.66. The van der Waals surface area contributed by atoms with Crippen molar-refractivity contribution in [3.63, 3.8) is 0 Å². The average molecular weight is 414 g/mol. The van der Waals surface area contributed by atoms with Gasteiger partial charge in [0.1, 0.15) is 0 Å². The lowest BCUT2D eigenvalue weighted by Gasteiger charge is -2.52. The Labute approximate surface area is 172 Å². The summed E-state index contributed by atoms with van der Waals surface area (Å²) in [5, 5.41) is 11.6. The Hall–Kier alpha value is -2.18. The van der Waals surface area contributed by atoms with Gasteiger partial charge in [-0.05, 0) is 49.1 Å². The van der Waals surface area contributed by atoms with Crippen molar-refractivity contribution in [1.29, 1.82) is 0 Å². The Balaban J connectivity index is 1.62. The first-order chi connectivity index (χ1) is 13.8. The monoisotopic (exact) mass is 413 g/mol. The van der Waals surface area contributed by atoms with E-state index in [-0.39, 0.29) is 22.8 Å². The van der Waals surface area contributed by atoms with Gasteiger partial charge in [0.25, 0.3) is 5.91 Å². The molecule has 1 saturated heterocycles. The molecule has 1 heterocycles. The Morgan fingerprint density at radius 3 is 2.34 bits per heavy atom.